The van der Waals surface area contributed by atoms with Crippen LogP contribution in [0.5, 0.6) is 0 Å². The van der Waals surface area contributed by atoms with Crippen molar-refractivity contribution in [1.82, 2.24) is 0 Å². The molecule has 116 valence electrons. The first-order valence-corrected chi connectivity index (χ1v) is 7.72. The Balaban J connectivity index is 1.49. The molecule has 0 aromatic heterocycles. The van der Waals surface area contributed by atoms with Crippen LogP contribution in [0.4, 0.5) is 4.79 Å². The molecule has 0 fully saturated rings. The number of carbonyl (C=O) groups excluding carboxylic acids is 1. The van der Waals surface area contributed by atoms with Crippen molar-refractivity contribution in [1.29, 1.82) is 0 Å². The molecule has 0 bridgehead atoms. The average Bonchev–Trinajstić information content (AvgIpc) is 2.57. The minimum absolute atomic E-state index is 0.395. The summed E-state index contributed by atoms with van der Waals surface area (Å²) in [6, 6.07) is 20.3. The third-order valence-corrected chi connectivity index (χ3v) is 3.35. The Hall–Kier alpha value is -2.29. The number of rotatable bonds is 8. The van der Waals surface area contributed by atoms with E-state index in [2.05, 4.69) is 24.3 Å². The van der Waals surface area contributed by atoms with Gasteiger partial charge in [-0.2, -0.15) is 0 Å². The molecule has 0 amide bonds. The Morgan fingerprint density at radius 3 is 1.50 bits per heavy atom. The first-order chi connectivity index (χ1) is 10.8. The lowest BCUT2D eigenvalue weighted by Crippen LogP contribution is -2.10. The third kappa shape index (κ3) is 6.44. The van der Waals surface area contributed by atoms with E-state index in [4.69, 9.17) is 9.47 Å². The average molecular weight is 298 g/mol. The van der Waals surface area contributed by atoms with E-state index in [0.29, 0.717) is 13.2 Å². The molecule has 0 atom stereocenters. The van der Waals surface area contributed by atoms with Gasteiger partial charge in [0.2, 0.25) is 0 Å². The Bertz CT molecular complexity index is 488. The molecule has 0 aliphatic carbocycles. The summed E-state index contributed by atoms with van der Waals surface area (Å²) < 4.78 is 10.1. The Labute approximate surface area is 131 Å². The molecule has 0 heterocycles. The number of hydrogen-bond donors (Lipinski definition) is 0. The quantitative estimate of drug-likeness (QED) is 0.535. The van der Waals surface area contributed by atoms with Gasteiger partial charge in [0, 0.05) is 0 Å². The van der Waals surface area contributed by atoms with Crippen molar-refractivity contribution >= 4 is 6.16 Å². The van der Waals surface area contributed by atoms with Gasteiger partial charge in [0.05, 0.1) is 13.2 Å². The molecule has 2 aromatic carbocycles. The molecule has 0 saturated carbocycles. The van der Waals surface area contributed by atoms with Crippen LogP contribution in [0.25, 0.3) is 0 Å². The zero-order chi connectivity index (χ0) is 15.5. The van der Waals surface area contributed by atoms with E-state index in [9.17, 15) is 4.79 Å². The number of carbonyl (C=O) groups is 1. The number of benzene rings is 2. The lowest BCUT2D eigenvalue weighted by molar-refractivity contribution is 0.0539. The second-order valence-electron chi connectivity index (χ2n) is 5.13. The molecular formula is C19H22O3. The molecule has 0 aliphatic heterocycles. The van der Waals surface area contributed by atoms with Crippen LogP contribution in [0.2, 0.25) is 0 Å². The molecular weight excluding hydrogens is 276 g/mol. The van der Waals surface area contributed by atoms with Crippen molar-refractivity contribution in [3.63, 3.8) is 0 Å². The number of hydrogen-bond acceptors (Lipinski definition) is 3. The van der Waals surface area contributed by atoms with Crippen molar-refractivity contribution in [2.24, 2.45) is 0 Å². The molecule has 0 saturated heterocycles. The number of aryl methyl sites for hydroxylation is 2. The third-order valence-electron chi connectivity index (χ3n) is 3.35. The van der Waals surface area contributed by atoms with Gasteiger partial charge in [-0.15, -0.1) is 0 Å². The van der Waals surface area contributed by atoms with E-state index < -0.39 is 6.16 Å². The van der Waals surface area contributed by atoms with E-state index in [1.807, 2.05) is 36.4 Å². The Kier molecular flexibility index (Phi) is 7.03. The molecule has 0 aliphatic rings. The highest BCUT2D eigenvalue weighted by Crippen LogP contribution is 2.04. The molecule has 0 radical (unpaired) electrons. The highest BCUT2D eigenvalue weighted by atomic mass is 16.7. The second kappa shape index (κ2) is 9.61. The SMILES string of the molecule is O=C(OCCCc1ccccc1)OCCCc1ccccc1. The topological polar surface area (TPSA) is 35.5 Å². The summed E-state index contributed by atoms with van der Waals surface area (Å²) in [6.45, 7) is 0.791. The smallest absolute Gasteiger partial charge is 0.434 e. The summed E-state index contributed by atoms with van der Waals surface area (Å²) in [4.78, 5) is 11.4. The van der Waals surface area contributed by atoms with Crippen LogP contribution in [0.3, 0.4) is 0 Å². The van der Waals surface area contributed by atoms with Crippen molar-refractivity contribution < 1.29 is 14.3 Å². The van der Waals surface area contributed by atoms with Crippen molar-refractivity contribution in [2.45, 2.75) is 25.7 Å². The van der Waals surface area contributed by atoms with Crippen LogP contribution in [0.15, 0.2) is 60.7 Å². The van der Waals surface area contributed by atoms with E-state index in [0.717, 1.165) is 25.7 Å². The molecule has 0 N–H and O–H groups in total. The molecule has 2 rings (SSSR count). The summed E-state index contributed by atoms with van der Waals surface area (Å²) in [5.41, 5.74) is 2.50. The van der Waals surface area contributed by atoms with Gasteiger partial charge < -0.3 is 9.47 Å². The fourth-order valence-corrected chi connectivity index (χ4v) is 2.19. The van der Waals surface area contributed by atoms with Crippen LogP contribution < -0.4 is 0 Å². The van der Waals surface area contributed by atoms with Crippen molar-refractivity contribution in [2.75, 3.05) is 13.2 Å². The van der Waals surface area contributed by atoms with Gasteiger partial charge >= 0.3 is 6.16 Å². The largest absolute Gasteiger partial charge is 0.508 e. The van der Waals surface area contributed by atoms with E-state index >= 15 is 0 Å². The fraction of sp³-hybridized carbons (Fsp3) is 0.316. The summed E-state index contributed by atoms with van der Waals surface area (Å²) in [7, 11) is 0. The maximum absolute atomic E-state index is 11.4. The monoisotopic (exact) mass is 298 g/mol. The summed E-state index contributed by atoms with van der Waals surface area (Å²) in [5, 5.41) is 0. The number of ether oxygens (including phenoxy) is 2. The standard InChI is InChI=1S/C19H22O3/c20-19(21-15-7-13-17-9-3-1-4-10-17)22-16-8-14-18-11-5-2-6-12-18/h1-6,9-12H,7-8,13-16H2. The normalized spacial score (nSPS) is 10.2. The molecule has 0 unspecified atom stereocenters. The predicted octanol–water partition coefficient (Wildman–Crippen LogP) is 4.41. The van der Waals surface area contributed by atoms with Gasteiger partial charge in [-0.3, -0.25) is 0 Å². The first kappa shape index (κ1) is 16.1. The lowest BCUT2D eigenvalue weighted by Gasteiger charge is -2.06. The van der Waals surface area contributed by atoms with Crippen LogP contribution in [-0.4, -0.2) is 19.4 Å². The Morgan fingerprint density at radius 1 is 0.682 bits per heavy atom. The molecule has 3 nitrogen and oxygen atoms in total. The summed E-state index contributed by atoms with van der Waals surface area (Å²) >= 11 is 0. The second-order valence-corrected chi connectivity index (χ2v) is 5.13. The highest BCUT2D eigenvalue weighted by molar-refractivity contribution is 5.59. The first-order valence-electron chi connectivity index (χ1n) is 7.72. The molecule has 0 spiro atoms. The van der Waals surface area contributed by atoms with Crippen LogP contribution in [-0.2, 0) is 22.3 Å². The zero-order valence-corrected chi connectivity index (χ0v) is 12.7. The van der Waals surface area contributed by atoms with E-state index in [1.54, 1.807) is 0 Å². The minimum Gasteiger partial charge on any atom is -0.434 e. The summed E-state index contributed by atoms with van der Waals surface area (Å²) in [5.74, 6) is 0. The molecule has 22 heavy (non-hydrogen) atoms. The van der Waals surface area contributed by atoms with Crippen molar-refractivity contribution in [3.05, 3.63) is 71.8 Å². The zero-order valence-electron chi connectivity index (χ0n) is 12.7. The van der Waals surface area contributed by atoms with Gasteiger partial charge in [-0.05, 0) is 36.8 Å². The van der Waals surface area contributed by atoms with Crippen LogP contribution in [0.1, 0.15) is 24.0 Å². The van der Waals surface area contributed by atoms with Gasteiger partial charge in [0.25, 0.3) is 0 Å². The van der Waals surface area contributed by atoms with Gasteiger partial charge in [0.15, 0.2) is 0 Å². The minimum atomic E-state index is -0.568. The van der Waals surface area contributed by atoms with E-state index in [-0.39, 0.29) is 0 Å². The Morgan fingerprint density at radius 2 is 1.09 bits per heavy atom. The maximum Gasteiger partial charge on any atom is 0.508 e. The van der Waals surface area contributed by atoms with Gasteiger partial charge in [-0.1, -0.05) is 60.7 Å². The lowest BCUT2D eigenvalue weighted by atomic mass is 10.1. The summed E-state index contributed by atoms with van der Waals surface area (Å²) in [6.07, 6.45) is 2.86. The van der Waals surface area contributed by atoms with E-state index in [1.165, 1.54) is 11.1 Å². The maximum atomic E-state index is 11.4. The predicted molar refractivity (Wildman–Crippen MR) is 86.8 cm³/mol. The van der Waals surface area contributed by atoms with Crippen LogP contribution in [0, 0.1) is 0 Å². The highest BCUT2D eigenvalue weighted by Gasteiger charge is 2.03. The van der Waals surface area contributed by atoms with Crippen LogP contribution >= 0.6 is 0 Å². The molecule has 2 aromatic rings. The fourth-order valence-electron chi connectivity index (χ4n) is 2.19. The van der Waals surface area contributed by atoms with Crippen molar-refractivity contribution in [3.8, 4) is 0 Å². The van der Waals surface area contributed by atoms with Gasteiger partial charge in [0.1, 0.15) is 0 Å². The molecule has 3 heteroatoms. The van der Waals surface area contributed by atoms with Gasteiger partial charge in [-0.25, -0.2) is 4.79 Å².